The zero-order chi connectivity index (χ0) is 17.8. The highest BCUT2D eigenvalue weighted by Crippen LogP contribution is 2.29. The number of benzene rings is 2. The number of anilines is 2. The minimum atomic E-state index is -0.606. The predicted molar refractivity (Wildman–Crippen MR) is 94.9 cm³/mol. The van der Waals surface area contributed by atoms with Crippen LogP contribution in [0.25, 0.3) is 10.4 Å². The fourth-order valence-electron chi connectivity index (χ4n) is 2.61. The summed E-state index contributed by atoms with van der Waals surface area (Å²) in [7, 11) is 0. The number of hydrogen-bond acceptors (Lipinski definition) is 5. The van der Waals surface area contributed by atoms with Gasteiger partial charge in [-0.1, -0.05) is 36.4 Å². The first-order valence-corrected chi connectivity index (χ1v) is 7.63. The minimum Gasteiger partial charge on any atom is -0.397 e. The Kier molecular flexibility index (Phi) is 4.54. The van der Waals surface area contributed by atoms with E-state index in [0.717, 1.165) is 11.3 Å². The molecular weight excluding hydrogens is 320 g/mol. The summed E-state index contributed by atoms with van der Waals surface area (Å²) in [5.41, 5.74) is 17.0. The highest BCUT2D eigenvalue weighted by Gasteiger charge is 2.28. The van der Waals surface area contributed by atoms with Crippen LogP contribution in [0.3, 0.4) is 0 Å². The topological polar surface area (TPSA) is 117 Å². The van der Waals surface area contributed by atoms with Crippen molar-refractivity contribution in [2.24, 2.45) is 10.1 Å². The number of amides is 1. The maximum atomic E-state index is 11.5. The number of hydrogen-bond donors (Lipinski definition) is 1. The highest BCUT2D eigenvalue weighted by molar-refractivity contribution is 5.94. The van der Waals surface area contributed by atoms with Crippen LogP contribution in [0.2, 0.25) is 0 Å². The third-order valence-corrected chi connectivity index (χ3v) is 3.76. The van der Waals surface area contributed by atoms with Crippen molar-refractivity contribution in [3.8, 4) is 0 Å². The van der Waals surface area contributed by atoms with E-state index in [1.54, 1.807) is 42.3 Å². The lowest BCUT2D eigenvalue weighted by Gasteiger charge is -2.24. The summed E-state index contributed by atoms with van der Waals surface area (Å²) in [6.45, 7) is 1.79. The lowest BCUT2D eigenvalue weighted by atomic mass is 10.1. The summed E-state index contributed by atoms with van der Waals surface area (Å²) < 4.78 is 0. The molecule has 1 atom stereocenters. The SMILES string of the molecule is CC1=NC(Cc2ccc(C(=O)N=[N+]=[N-])cc2)N(c2ccccc2N)O1. The maximum Gasteiger partial charge on any atom is 0.249 e. The molecule has 8 heteroatoms. The van der Waals surface area contributed by atoms with Gasteiger partial charge in [0.1, 0.15) is 5.69 Å². The lowest BCUT2D eigenvalue weighted by Crippen LogP contribution is -2.31. The van der Waals surface area contributed by atoms with E-state index in [0.29, 0.717) is 23.6 Å². The number of nitrogen functional groups attached to an aromatic ring is 1. The van der Waals surface area contributed by atoms with Crippen LogP contribution in [-0.4, -0.2) is 18.0 Å². The Morgan fingerprint density at radius 1 is 1.32 bits per heavy atom. The van der Waals surface area contributed by atoms with Crippen LogP contribution in [0.15, 0.2) is 58.6 Å². The Bertz CT molecular complexity index is 871. The van der Waals surface area contributed by atoms with Crippen molar-refractivity contribution >= 4 is 23.2 Å². The summed E-state index contributed by atoms with van der Waals surface area (Å²) in [4.78, 5) is 24.2. The first-order valence-electron chi connectivity index (χ1n) is 7.63. The van der Waals surface area contributed by atoms with Crippen LogP contribution in [0, 0.1) is 0 Å². The molecule has 0 spiro atoms. The molecule has 0 aromatic heterocycles. The van der Waals surface area contributed by atoms with Crippen LogP contribution in [0.1, 0.15) is 22.8 Å². The van der Waals surface area contributed by atoms with Gasteiger partial charge in [0.15, 0.2) is 6.17 Å². The summed E-state index contributed by atoms with van der Waals surface area (Å²) in [6, 6.07) is 14.3. The van der Waals surface area contributed by atoms with Gasteiger partial charge in [-0.05, 0) is 28.3 Å². The average molecular weight is 336 g/mol. The average Bonchev–Trinajstić information content (AvgIpc) is 2.96. The van der Waals surface area contributed by atoms with Gasteiger partial charge in [0.05, 0.1) is 5.69 Å². The Morgan fingerprint density at radius 2 is 2.04 bits per heavy atom. The summed E-state index contributed by atoms with van der Waals surface area (Å²) in [6.07, 6.45) is 0.310. The normalized spacial score (nSPS) is 16.0. The van der Waals surface area contributed by atoms with Crippen LogP contribution in [0.5, 0.6) is 0 Å². The van der Waals surface area contributed by atoms with Gasteiger partial charge in [0, 0.05) is 23.8 Å². The fourth-order valence-corrected chi connectivity index (χ4v) is 2.61. The molecule has 25 heavy (non-hydrogen) atoms. The van der Waals surface area contributed by atoms with E-state index in [-0.39, 0.29) is 6.17 Å². The fraction of sp³-hybridized carbons (Fsp3) is 0.176. The monoisotopic (exact) mass is 336 g/mol. The van der Waals surface area contributed by atoms with Crippen molar-refractivity contribution in [1.29, 1.82) is 0 Å². The summed E-state index contributed by atoms with van der Waals surface area (Å²) >= 11 is 0. The lowest BCUT2D eigenvalue weighted by molar-refractivity contribution is 0.100. The second-order valence-corrected chi connectivity index (χ2v) is 5.50. The number of hydroxylamine groups is 1. The quantitative estimate of drug-likeness (QED) is 0.398. The Labute approximate surface area is 144 Å². The van der Waals surface area contributed by atoms with Crippen molar-refractivity contribution in [3.63, 3.8) is 0 Å². The first-order chi connectivity index (χ1) is 12.1. The van der Waals surface area contributed by atoms with Gasteiger partial charge in [0.2, 0.25) is 11.8 Å². The van der Waals surface area contributed by atoms with Gasteiger partial charge >= 0.3 is 0 Å². The molecular formula is C17H16N6O2. The van der Waals surface area contributed by atoms with Gasteiger partial charge in [-0.2, -0.15) is 5.06 Å². The summed E-state index contributed by atoms with van der Waals surface area (Å²) in [5, 5.41) is 4.76. The predicted octanol–water partition coefficient (Wildman–Crippen LogP) is 3.46. The molecule has 2 aromatic rings. The van der Waals surface area contributed by atoms with Gasteiger partial charge in [-0.15, -0.1) is 0 Å². The third-order valence-electron chi connectivity index (χ3n) is 3.76. The van der Waals surface area contributed by atoms with Gasteiger partial charge in [-0.3, -0.25) is 4.79 Å². The maximum absolute atomic E-state index is 11.5. The van der Waals surface area contributed by atoms with Crippen molar-refractivity contribution < 1.29 is 9.63 Å². The molecule has 0 radical (unpaired) electrons. The molecule has 1 heterocycles. The van der Waals surface area contributed by atoms with Gasteiger partial charge in [0.25, 0.3) is 0 Å². The van der Waals surface area contributed by atoms with E-state index < -0.39 is 5.91 Å². The van der Waals surface area contributed by atoms with Crippen molar-refractivity contribution in [2.75, 3.05) is 10.8 Å². The molecule has 1 aliphatic heterocycles. The van der Waals surface area contributed by atoms with Crippen LogP contribution in [0.4, 0.5) is 11.4 Å². The van der Waals surface area contributed by atoms with Gasteiger partial charge < -0.3 is 10.6 Å². The summed E-state index contributed by atoms with van der Waals surface area (Å²) in [5.74, 6) is -0.0470. The van der Waals surface area contributed by atoms with Crippen molar-refractivity contribution in [3.05, 3.63) is 70.1 Å². The molecule has 2 aromatic carbocycles. The minimum absolute atomic E-state index is 0.261. The molecule has 0 fully saturated rings. The molecule has 0 saturated heterocycles. The zero-order valence-corrected chi connectivity index (χ0v) is 13.5. The standard InChI is InChI=1S/C17H16N6O2/c1-11-20-16(23(25-11)15-5-3-2-4-14(15)18)10-12-6-8-13(9-7-12)17(24)21-22-19/h2-9,16H,10,18H2,1H3. The van der Waals surface area contributed by atoms with Crippen LogP contribution < -0.4 is 10.8 Å². The molecule has 126 valence electrons. The third kappa shape index (κ3) is 3.54. The number of azide groups is 1. The molecule has 0 bridgehead atoms. The smallest absolute Gasteiger partial charge is 0.249 e. The van der Waals surface area contributed by atoms with Crippen LogP contribution in [-0.2, 0) is 11.3 Å². The second kappa shape index (κ2) is 6.94. The van der Waals surface area contributed by atoms with E-state index in [1.807, 2.05) is 18.2 Å². The van der Waals surface area contributed by atoms with Gasteiger partial charge in [-0.25, -0.2) is 4.99 Å². The van der Waals surface area contributed by atoms with E-state index in [1.165, 1.54) is 0 Å². The van der Waals surface area contributed by atoms with E-state index in [2.05, 4.69) is 15.0 Å². The van der Waals surface area contributed by atoms with Crippen LogP contribution >= 0.6 is 0 Å². The number of carbonyl (C=O) groups excluding carboxylic acids is 1. The second-order valence-electron chi connectivity index (χ2n) is 5.50. The molecule has 1 unspecified atom stereocenters. The molecule has 1 amide bonds. The zero-order valence-electron chi connectivity index (χ0n) is 13.5. The number of nitrogens with zero attached hydrogens (tertiary/aromatic N) is 5. The van der Waals surface area contributed by atoms with E-state index >= 15 is 0 Å². The van der Waals surface area contributed by atoms with Crippen molar-refractivity contribution in [1.82, 2.24) is 0 Å². The number of aliphatic imine (C=N–C) groups is 1. The molecule has 0 saturated carbocycles. The largest absolute Gasteiger partial charge is 0.397 e. The van der Waals surface area contributed by atoms with Crippen molar-refractivity contribution in [2.45, 2.75) is 19.5 Å². The number of para-hydroxylation sites is 2. The highest BCUT2D eigenvalue weighted by atomic mass is 16.7. The molecule has 2 N–H and O–H groups in total. The molecule has 3 rings (SSSR count). The van der Waals surface area contributed by atoms with E-state index in [4.69, 9.17) is 16.1 Å². The Hall–Kier alpha value is -3.51. The van der Waals surface area contributed by atoms with E-state index in [9.17, 15) is 4.79 Å². The number of nitrogens with two attached hydrogens (primary N) is 1. The Balaban J connectivity index is 1.80. The molecule has 1 aliphatic rings. The molecule has 8 nitrogen and oxygen atoms in total. The molecule has 0 aliphatic carbocycles. The first kappa shape index (κ1) is 16.4. The number of carbonyl (C=O) groups is 1. The Morgan fingerprint density at radius 3 is 2.72 bits per heavy atom. The number of rotatable bonds is 4.